The van der Waals surface area contributed by atoms with Crippen LogP contribution in [0.15, 0.2) is 53.8 Å². The number of rotatable bonds is 0. The molecule has 1 aromatic rings. The molecular formula is C19H21N. The lowest BCUT2D eigenvalue weighted by Gasteiger charge is -2.16. The monoisotopic (exact) mass is 263 g/mol. The third kappa shape index (κ3) is 2.03. The SMILES string of the molecule is C=C1C=C2CCCc3ccc(C)c(C)c3C2=CC=C1N. The predicted octanol–water partition coefficient (Wildman–Crippen LogP) is 4.36. The Balaban J connectivity index is 2.28. The van der Waals surface area contributed by atoms with Crippen LogP contribution in [0.1, 0.15) is 35.1 Å². The van der Waals surface area contributed by atoms with Crippen LogP contribution in [0.25, 0.3) is 5.57 Å². The topological polar surface area (TPSA) is 26.0 Å². The standard InChI is InChI=1S/C19H21N/c1-12-7-8-15-5-4-6-16-11-13(2)18(20)10-9-17(16)19(15)14(12)3/h7-11H,2,4-6,20H2,1,3H3. The molecule has 0 unspecified atom stereocenters. The molecule has 2 aliphatic rings. The van der Waals surface area contributed by atoms with Gasteiger partial charge in [-0.2, -0.15) is 0 Å². The van der Waals surface area contributed by atoms with Crippen molar-refractivity contribution in [2.24, 2.45) is 5.73 Å². The highest BCUT2D eigenvalue weighted by Crippen LogP contribution is 2.38. The van der Waals surface area contributed by atoms with Gasteiger partial charge in [-0.15, -0.1) is 0 Å². The molecule has 0 heterocycles. The first kappa shape index (κ1) is 13.0. The second kappa shape index (κ2) is 4.82. The molecule has 0 aliphatic heterocycles. The Morgan fingerprint density at radius 3 is 2.70 bits per heavy atom. The summed E-state index contributed by atoms with van der Waals surface area (Å²) in [6, 6.07) is 4.53. The molecule has 3 rings (SSSR count). The Labute approximate surface area is 121 Å². The quantitative estimate of drug-likeness (QED) is 0.739. The number of allylic oxidation sites excluding steroid dienone is 5. The molecule has 1 nitrogen and oxygen atoms in total. The van der Waals surface area contributed by atoms with Gasteiger partial charge in [0.15, 0.2) is 0 Å². The van der Waals surface area contributed by atoms with E-state index in [1.807, 2.05) is 6.08 Å². The maximum atomic E-state index is 6.03. The van der Waals surface area contributed by atoms with E-state index in [0.717, 1.165) is 24.1 Å². The predicted molar refractivity (Wildman–Crippen MR) is 86.3 cm³/mol. The molecule has 20 heavy (non-hydrogen) atoms. The molecule has 0 radical (unpaired) electrons. The van der Waals surface area contributed by atoms with Crippen LogP contribution in [0.3, 0.4) is 0 Å². The van der Waals surface area contributed by atoms with Gasteiger partial charge in [0.1, 0.15) is 0 Å². The van der Waals surface area contributed by atoms with Crippen molar-refractivity contribution in [1.29, 1.82) is 0 Å². The summed E-state index contributed by atoms with van der Waals surface area (Å²) in [6.45, 7) is 8.48. The molecule has 102 valence electrons. The Morgan fingerprint density at radius 1 is 1.10 bits per heavy atom. The number of hydrogen-bond acceptors (Lipinski definition) is 1. The Hall–Kier alpha value is -2.02. The summed E-state index contributed by atoms with van der Waals surface area (Å²) in [5.74, 6) is 0. The first-order chi connectivity index (χ1) is 9.58. The van der Waals surface area contributed by atoms with Crippen molar-refractivity contribution in [1.82, 2.24) is 0 Å². The minimum atomic E-state index is 0.768. The molecule has 0 aromatic heterocycles. The number of aryl methyl sites for hydroxylation is 2. The molecule has 0 saturated heterocycles. The molecule has 0 atom stereocenters. The molecule has 2 aliphatic carbocycles. The van der Waals surface area contributed by atoms with Crippen molar-refractivity contribution in [3.05, 3.63) is 76.0 Å². The summed E-state index contributed by atoms with van der Waals surface area (Å²) >= 11 is 0. The molecule has 0 saturated carbocycles. The third-order valence-electron chi connectivity index (χ3n) is 4.48. The summed E-state index contributed by atoms with van der Waals surface area (Å²) in [5.41, 5.74) is 16.1. The van der Waals surface area contributed by atoms with Gasteiger partial charge in [0.25, 0.3) is 0 Å². The van der Waals surface area contributed by atoms with Crippen LogP contribution in [-0.4, -0.2) is 0 Å². The fourth-order valence-corrected chi connectivity index (χ4v) is 3.13. The zero-order chi connectivity index (χ0) is 14.3. The van der Waals surface area contributed by atoms with E-state index in [2.05, 4.69) is 44.7 Å². The van der Waals surface area contributed by atoms with Gasteiger partial charge >= 0.3 is 0 Å². The van der Waals surface area contributed by atoms with Crippen LogP contribution >= 0.6 is 0 Å². The first-order valence-electron chi connectivity index (χ1n) is 7.25. The first-order valence-corrected chi connectivity index (χ1v) is 7.25. The van der Waals surface area contributed by atoms with Crippen molar-refractivity contribution in [3.63, 3.8) is 0 Å². The zero-order valence-electron chi connectivity index (χ0n) is 12.3. The number of benzene rings is 1. The highest BCUT2D eigenvalue weighted by molar-refractivity contribution is 5.86. The number of nitrogens with two attached hydrogens (primary N) is 1. The molecule has 0 amide bonds. The Morgan fingerprint density at radius 2 is 1.90 bits per heavy atom. The van der Waals surface area contributed by atoms with Crippen molar-refractivity contribution < 1.29 is 0 Å². The molecule has 0 fully saturated rings. The van der Waals surface area contributed by atoms with Gasteiger partial charge in [-0.1, -0.05) is 24.8 Å². The van der Waals surface area contributed by atoms with Crippen molar-refractivity contribution in [2.45, 2.75) is 33.1 Å². The molecule has 1 aromatic carbocycles. The van der Waals surface area contributed by atoms with Crippen LogP contribution in [0.2, 0.25) is 0 Å². The maximum Gasteiger partial charge on any atom is 0.0381 e. The van der Waals surface area contributed by atoms with Crippen molar-refractivity contribution in [3.8, 4) is 0 Å². The van der Waals surface area contributed by atoms with Crippen LogP contribution in [0.4, 0.5) is 0 Å². The van der Waals surface area contributed by atoms with Gasteiger partial charge < -0.3 is 5.73 Å². The smallest absolute Gasteiger partial charge is 0.0381 e. The summed E-state index contributed by atoms with van der Waals surface area (Å²) in [5, 5.41) is 0. The molecule has 0 spiro atoms. The van der Waals surface area contributed by atoms with E-state index in [4.69, 9.17) is 5.73 Å². The average molecular weight is 263 g/mol. The lowest BCUT2D eigenvalue weighted by Crippen LogP contribution is -1.97. The maximum absolute atomic E-state index is 6.03. The number of fused-ring (bicyclic) bond motifs is 3. The van der Waals surface area contributed by atoms with Gasteiger partial charge in [0.2, 0.25) is 0 Å². The number of hydrogen-bond donors (Lipinski definition) is 1. The fraction of sp³-hybridized carbons (Fsp3) is 0.263. The molecular weight excluding hydrogens is 242 g/mol. The lowest BCUT2D eigenvalue weighted by atomic mass is 9.89. The molecule has 0 bridgehead atoms. The largest absolute Gasteiger partial charge is 0.398 e. The normalized spacial score (nSPS) is 18.1. The van der Waals surface area contributed by atoms with Crippen LogP contribution < -0.4 is 5.73 Å². The Kier molecular flexibility index (Phi) is 3.13. The van der Waals surface area contributed by atoms with E-state index < -0.39 is 0 Å². The highest BCUT2D eigenvalue weighted by atomic mass is 14.6. The highest BCUT2D eigenvalue weighted by Gasteiger charge is 2.20. The van der Waals surface area contributed by atoms with Crippen LogP contribution in [-0.2, 0) is 6.42 Å². The van der Waals surface area contributed by atoms with E-state index in [1.54, 1.807) is 0 Å². The summed E-state index contributed by atoms with van der Waals surface area (Å²) in [6.07, 6.45) is 9.78. The van der Waals surface area contributed by atoms with E-state index in [1.165, 1.54) is 39.8 Å². The second-order valence-corrected chi connectivity index (χ2v) is 5.79. The van der Waals surface area contributed by atoms with E-state index in [0.29, 0.717) is 0 Å². The van der Waals surface area contributed by atoms with Crippen molar-refractivity contribution >= 4 is 5.57 Å². The van der Waals surface area contributed by atoms with E-state index in [9.17, 15) is 0 Å². The van der Waals surface area contributed by atoms with Gasteiger partial charge in [-0.05, 0) is 84.2 Å². The van der Waals surface area contributed by atoms with Crippen molar-refractivity contribution in [2.75, 3.05) is 0 Å². The average Bonchev–Trinajstić information content (AvgIpc) is 2.67. The van der Waals surface area contributed by atoms with E-state index in [-0.39, 0.29) is 0 Å². The van der Waals surface area contributed by atoms with Gasteiger partial charge in [-0.25, -0.2) is 0 Å². The minimum Gasteiger partial charge on any atom is -0.398 e. The summed E-state index contributed by atoms with van der Waals surface area (Å²) in [7, 11) is 0. The minimum absolute atomic E-state index is 0.768. The van der Waals surface area contributed by atoms with Crippen LogP contribution in [0, 0.1) is 13.8 Å². The van der Waals surface area contributed by atoms with E-state index >= 15 is 0 Å². The second-order valence-electron chi connectivity index (χ2n) is 5.79. The third-order valence-corrected chi connectivity index (χ3v) is 4.48. The fourth-order valence-electron chi connectivity index (χ4n) is 3.13. The summed E-state index contributed by atoms with van der Waals surface area (Å²) in [4.78, 5) is 0. The summed E-state index contributed by atoms with van der Waals surface area (Å²) < 4.78 is 0. The van der Waals surface area contributed by atoms with Crippen LogP contribution in [0.5, 0.6) is 0 Å². The molecule has 1 heteroatoms. The zero-order valence-corrected chi connectivity index (χ0v) is 12.3. The van der Waals surface area contributed by atoms with Gasteiger partial charge in [0.05, 0.1) is 0 Å². The Bertz CT molecular complexity index is 684. The molecule has 2 N–H and O–H groups in total. The lowest BCUT2D eigenvalue weighted by molar-refractivity contribution is 0.838. The van der Waals surface area contributed by atoms with Gasteiger partial charge in [0, 0.05) is 5.70 Å². The van der Waals surface area contributed by atoms with Gasteiger partial charge in [-0.3, -0.25) is 0 Å².